The molecule has 0 saturated heterocycles. The SMILES string of the molecule is CNC(=O)c1ccc(N(C)Cc2ccc3c(c2)OCO3)c([N+](=O)[O-])c1. The van der Waals surface area contributed by atoms with E-state index in [0.717, 1.165) is 5.56 Å². The van der Waals surface area contributed by atoms with E-state index in [1.54, 1.807) is 24.1 Å². The van der Waals surface area contributed by atoms with E-state index in [4.69, 9.17) is 9.47 Å². The van der Waals surface area contributed by atoms with E-state index >= 15 is 0 Å². The number of hydrogen-bond acceptors (Lipinski definition) is 6. The molecular weight excluding hydrogens is 326 g/mol. The number of nitrogens with zero attached hydrogens (tertiary/aromatic N) is 2. The third kappa shape index (κ3) is 3.32. The van der Waals surface area contributed by atoms with Gasteiger partial charge in [0.05, 0.1) is 4.92 Å². The molecule has 2 aromatic carbocycles. The lowest BCUT2D eigenvalue weighted by molar-refractivity contribution is -0.384. The van der Waals surface area contributed by atoms with Crippen LogP contribution < -0.4 is 19.7 Å². The number of ether oxygens (including phenoxy) is 2. The van der Waals surface area contributed by atoms with Crippen molar-refractivity contribution in [1.29, 1.82) is 0 Å². The number of hydrogen-bond donors (Lipinski definition) is 1. The van der Waals surface area contributed by atoms with Crippen LogP contribution in [0.4, 0.5) is 11.4 Å². The number of carbonyl (C=O) groups is 1. The van der Waals surface area contributed by atoms with E-state index in [2.05, 4.69) is 5.32 Å². The van der Waals surface area contributed by atoms with Crippen LogP contribution in [-0.2, 0) is 6.54 Å². The minimum atomic E-state index is -0.488. The van der Waals surface area contributed by atoms with Gasteiger partial charge in [-0.25, -0.2) is 0 Å². The van der Waals surface area contributed by atoms with Gasteiger partial charge in [-0.2, -0.15) is 0 Å². The fourth-order valence-corrected chi connectivity index (χ4v) is 2.68. The Morgan fingerprint density at radius 3 is 2.72 bits per heavy atom. The number of nitrogens with one attached hydrogen (secondary N) is 1. The summed E-state index contributed by atoms with van der Waals surface area (Å²) in [6.07, 6.45) is 0. The first-order valence-corrected chi connectivity index (χ1v) is 7.60. The van der Waals surface area contributed by atoms with Crippen LogP contribution >= 0.6 is 0 Å². The number of nitro benzene ring substituents is 1. The summed E-state index contributed by atoms with van der Waals surface area (Å²) in [5, 5.41) is 13.9. The van der Waals surface area contributed by atoms with Gasteiger partial charge in [-0.15, -0.1) is 0 Å². The number of rotatable bonds is 5. The van der Waals surface area contributed by atoms with Gasteiger partial charge in [0.15, 0.2) is 11.5 Å². The second-order valence-electron chi connectivity index (χ2n) is 5.58. The molecule has 1 heterocycles. The van der Waals surface area contributed by atoms with E-state index < -0.39 is 4.92 Å². The number of fused-ring (bicyclic) bond motifs is 1. The van der Waals surface area contributed by atoms with Crippen LogP contribution in [0.1, 0.15) is 15.9 Å². The summed E-state index contributed by atoms with van der Waals surface area (Å²) in [4.78, 5) is 24.4. The average Bonchev–Trinajstić information content (AvgIpc) is 3.08. The molecule has 0 fully saturated rings. The highest BCUT2D eigenvalue weighted by Gasteiger charge is 2.21. The summed E-state index contributed by atoms with van der Waals surface area (Å²) in [6, 6.07) is 9.98. The third-order valence-electron chi connectivity index (χ3n) is 3.93. The summed E-state index contributed by atoms with van der Waals surface area (Å²) in [7, 11) is 3.24. The molecule has 1 N–H and O–H groups in total. The van der Waals surface area contributed by atoms with Crippen LogP contribution in [0.15, 0.2) is 36.4 Å². The Kier molecular flexibility index (Phi) is 4.42. The fourth-order valence-electron chi connectivity index (χ4n) is 2.68. The largest absolute Gasteiger partial charge is 0.454 e. The molecule has 0 aromatic heterocycles. The van der Waals surface area contributed by atoms with Crippen LogP contribution in [0.25, 0.3) is 0 Å². The molecule has 1 amide bonds. The van der Waals surface area contributed by atoms with Gasteiger partial charge >= 0.3 is 0 Å². The highest BCUT2D eigenvalue weighted by molar-refractivity contribution is 5.95. The molecule has 0 spiro atoms. The summed E-state index contributed by atoms with van der Waals surface area (Å²) >= 11 is 0. The molecule has 0 radical (unpaired) electrons. The number of carbonyl (C=O) groups excluding carboxylic acids is 1. The van der Waals surface area contributed by atoms with Crippen molar-refractivity contribution in [1.82, 2.24) is 5.32 Å². The Morgan fingerprint density at radius 2 is 2.00 bits per heavy atom. The normalized spacial score (nSPS) is 11.9. The van der Waals surface area contributed by atoms with Crippen LogP contribution in [0.3, 0.4) is 0 Å². The molecule has 0 atom stereocenters. The van der Waals surface area contributed by atoms with E-state index in [1.807, 2.05) is 18.2 Å². The van der Waals surface area contributed by atoms with Gasteiger partial charge in [0, 0.05) is 32.3 Å². The van der Waals surface area contributed by atoms with E-state index in [1.165, 1.54) is 13.1 Å². The van der Waals surface area contributed by atoms with E-state index in [9.17, 15) is 14.9 Å². The van der Waals surface area contributed by atoms with Crippen LogP contribution in [0, 0.1) is 10.1 Å². The second kappa shape index (κ2) is 6.68. The number of nitro groups is 1. The maximum absolute atomic E-state index is 11.7. The molecular formula is C17H17N3O5. The summed E-state index contributed by atoms with van der Waals surface area (Å²) in [5.74, 6) is 0.982. The first-order chi connectivity index (χ1) is 12.0. The van der Waals surface area contributed by atoms with Crippen molar-refractivity contribution in [2.24, 2.45) is 0 Å². The molecule has 1 aliphatic heterocycles. The minimum Gasteiger partial charge on any atom is -0.454 e. The Balaban J connectivity index is 1.87. The molecule has 0 saturated carbocycles. The second-order valence-corrected chi connectivity index (χ2v) is 5.58. The van der Waals surface area contributed by atoms with E-state index in [-0.39, 0.29) is 24.0 Å². The molecule has 8 heteroatoms. The quantitative estimate of drug-likeness (QED) is 0.661. The van der Waals surface area contributed by atoms with Gasteiger partial charge in [0.2, 0.25) is 6.79 Å². The zero-order valence-corrected chi connectivity index (χ0v) is 13.8. The molecule has 0 bridgehead atoms. The Bertz CT molecular complexity index is 837. The topological polar surface area (TPSA) is 93.9 Å². The zero-order valence-electron chi connectivity index (χ0n) is 13.8. The maximum atomic E-state index is 11.7. The smallest absolute Gasteiger partial charge is 0.293 e. The molecule has 3 rings (SSSR count). The lowest BCUT2D eigenvalue weighted by atomic mass is 10.1. The van der Waals surface area contributed by atoms with Gasteiger partial charge in [-0.1, -0.05) is 6.07 Å². The van der Waals surface area contributed by atoms with Crippen LogP contribution in [-0.4, -0.2) is 31.7 Å². The van der Waals surface area contributed by atoms with Crippen molar-refractivity contribution in [3.63, 3.8) is 0 Å². The van der Waals surface area contributed by atoms with Crippen molar-refractivity contribution in [2.75, 3.05) is 25.8 Å². The molecule has 130 valence electrons. The first kappa shape index (κ1) is 16.6. The number of benzene rings is 2. The van der Waals surface area contributed by atoms with Crippen molar-refractivity contribution >= 4 is 17.3 Å². The molecule has 0 aliphatic carbocycles. The van der Waals surface area contributed by atoms with Gasteiger partial charge in [0.1, 0.15) is 5.69 Å². The van der Waals surface area contributed by atoms with Crippen LogP contribution in [0.5, 0.6) is 11.5 Å². The zero-order chi connectivity index (χ0) is 18.0. The van der Waals surface area contributed by atoms with Gasteiger partial charge in [-0.3, -0.25) is 14.9 Å². The Hall–Kier alpha value is -3.29. The standard InChI is InChI=1S/C17H17N3O5/c1-18-17(21)12-4-5-13(14(8-12)20(22)23)19(2)9-11-3-6-15-16(7-11)25-10-24-15/h3-8H,9-10H2,1-2H3,(H,18,21). The van der Waals surface area contributed by atoms with Crippen molar-refractivity contribution in [3.8, 4) is 11.5 Å². The summed E-state index contributed by atoms with van der Waals surface area (Å²) in [5.41, 5.74) is 1.48. The van der Waals surface area contributed by atoms with Crippen molar-refractivity contribution in [3.05, 3.63) is 57.6 Å². The predicted molar refractivity (Wildman–Crippen MR) is 91.2 cm³/mol. The molecule has 8 nitrogen and oxygen atoms in total. The van der Waals surface area contributed by atoms with Gasteiger partial charge in [0.25, 0.3) is 11.6 Å². The molecule has 25 heavy (non-hydrogen) atoms. The Morgan fingerprint density at radius 1 is 1.24 bits per heavy atom. The van der Waals surface area contributed by atoms with E-state index in [0.29, 0.717) is 23.7 Å². The Labute approximate surface area is 144 Å². The molecule has 2 aromatic rings. The minimum absolute atomic E-state index is 0.121. The summed E-state index contributed by atoms with van der Waals surface area (Å²) in [6.45, 7) is 0.637. The lowest BCUT2D eigenvalue weighted by Crippen LogP contribution is -2.20. The number of amides is 1. The van der Waals surface area contributed by atoms with Crippen molar-refractivity contribution < 1.29 is 19.2 Å². The third-order valence-corrected chi connectivity index (χ3v) is 3.93. The molecule has 1 aliphatic rings. The van der Waals surface area contributed by atoms with Crippen molar-refractivity contribution in [2.45, 2.75) is 6.54 Å². The average molecular weight is 343 g/mol. The molecule has 0 unspecified atom stereocenters. The predicted octanol–water partition coefficient (Wildman–Crippen LogP) is 2.32. The highest BCUT2D eigenvalue weighted by Crippen LogP contribution is 2.34. The first-order valence-electron chi connectivity index (χ1n) is 7.60. The lowest BCUT2D eigenvalue weighted by Gasteiger charge is -2.20. The summed E-state index contributed by atoms with van der Waals surface area (Å²) < 4.78 is 10.6. The number of anilines is 1. The highest BCUT2D eigenvalue weighted by atomic mass is 16.7. The van der Waals surface area contributed by atoms with Gasteiger partial charge in [-0.05, 0) is 29.8 Å². The fraction of sp³-hybridized carbons (Fsp3) is 0.235. The maximum Gasteiger partial charge on any atom is 0.293 e. The van der Waals surface area contributed by atoms with Gasteiger partial charge < -0.3 is 19.7 Å². The van der Waals surface area contributed by atoms with Crippen LogP contribution in [0.2, 0.25) is 0 Å². The monoisotopic (exact) mass is 343 g/mol.